The van der Waals surface area contributed by atoms with Gasteiger partial charge in [0.15, 0.2) is 0 Å². The van der Waals surface area contributed by atoms with Gasteiger partial charge in [-0.3, -0.25) is 14.2 Å². The van der Waals surface area contributed by atoms with Crippen molar-refractivity contribution in [2.45, 2.75) is 33.9 Å². The minimum atomic E-state index is -0.761. The lowest BCUT2D eigenvalue weighted by molar-refractivity contribution is -0.116. The number of nitrogens with one attached hydrogen (secondary N) is 1. The van der Waals surface area contributed by atoms with E-state index in [1.54, 1.807) is 25.1 Å². The van der Waals surface area contributed by atoms with E-state index in [0.717, 1.165) is 15.7 Å². The fraction of sp³-hybridized carbons (Fsp3) is 0.294. The van der Waals surface area contributed by atoms with Crippen LogP contribution in [0.5, 0.6) is 0 Å². The van der Waals surface area contributed by atoms with Crippen molar-refractivity contribution in [2.75, 3.05) is 5.32 Å². The first-order valence-electron chi connectivity index (χ1n) is 7.48. The molecular weight excluding hydrogens is 308 g/mol. The maximum atomic E-state index is 12.2. The summed E-state index contributed by atoms with van der Waals surface area (Å²) in [6.07, 6.45) is 1.21. The minimum Gasteiger partial charge on any atom is -0.325 e. The van der Waals surface area contributed by atoms with Crippen LogP contribution in [-0.2, 0) is 17.9 Å². The lowest BCUT2D eigenvalue weighted by atomic mass is 10.1. The molecule has 0 saturated carbocycles. The SMILES string of the molecule is CCn1cc(C#N)c(=O)n(CC(=O)Nc2cc(C)cc(C)c2)c1=O. The first-order valence-corrected chi connectivity index (χ1v) is 7.48. The quantitative estimate of drug-likeness (QED) is 0.911. The molecule has 1 aromatic carbocycles. The third-order valence-electron chi connectivity index (χ3n) is 3.51. The van der Waals surface area contributed by atoms with Crippen molar-refractivity contribution in [1.82, 2.24) is 9.13 Å². The van der Waals surface area contributed by atoms with Crippen LogP contribution < -0.4 is 16.6 Å². The molecule has 0 saturated heterocycles. The van der Waals surface area contributed by atoms with Gasteiger partial charge in [-0.05, 0) is 44.0 Å². The summed E-state index contributed by atoms with van der Waals surface area (Å²) < 4.78 is 2.00. The Kier molecular flexibility index (Phi) is 4.99. The summed E-state index contributed by atoms with van der Waals surface area (Å²) in [6, 6.07) is 7.31. The summed E-state index contributed by atoms with van der Waals surface area (Å²) >= 11 is 0. The Morgan fingerprint density at radius 1 is 1.21 bits per heavy atom. The summed E-state index contributed by atoms with van der Waals surface area (Å²) in [5.74, 6) is -0.503. The number of hydrogen-bond donors (Lipinski definition) is 1. The second-order valence-electron chi connectivity index (χ2n) is 5.54. The number of benzene rings is 1. The molecule has 124 valence electrons. The number of nitriles is 1. The molecule has 1 heterocycles. The van der Waals surface area contributed by atoms with Gasteiger partial charge >= 0.3 is 5.69 Å². The fourth-order valence-electron chi connectivity index (χ4n) is 2.49. The van der Waals surface area contributed by atoms with E-state index in [9.17, 15) is 14.4 Å². The topological polar surface area (TPSA) is 96.9 Å². The molecular formula is C17H18N4O3. The van der Waals surface area contributed by atoms with E-state index >= 15 is 0 Å². The number of aromatic nitrogens is 2. The molecule has 0 unspecified atom stereocenters. The van der Waals surface area contributed by atoms with E-state index in [-0.39, 0.29) is 5.56 Å². The van der Waals surface area contributed by atoms with Crippen molar-refractivity contribution in [1.29, 1.82) is 5.26 Å². The van der Waals surface area contributed by atoms with Gasteiger partial charge in [0.1, 0.15) is 18.2 Å². The number of amides is 1. The van der Waals surface area contributed by atoms with Crippen molar-refractivity contribution in [3.8, 4) is 6.07 Å². The van der Waals surface area contributed by atoms with Crippen LogP contribution in [0.15, 0.2) is 34.0 Å². The summed E-state index contributed by atoms with van der Waals surface area (Å²) in [5.41, 5.74) is 1.03. The number of aryl methyl sites for hydroxylation is 3. The first-order chi connectivity index (χ1) is 11.3. The van der Waals surface area contributed by atoms with Crippen LogP contribution in [0.2, 0.25) is 0 Å². The highest BCUT2D eigenvalue weighted by Gasteiger charge is 2.14. The van der Waals surface area contributed by atoms with Crippen LogP contribution in [0.1, 0.15) is 23.6 Å². The van der Waals surface area contributed by atoms with Gasteiger partial charge in [-0.15, -0.1) is 0 Å². The van der Waals surface area contributed by atoms with Crippen LogP contribution >= 0.6 is 0 Å². The summed E-state index contributed by atoms with van der Waals surface area (Å²) in [5, 5.41) is 11.7. The van der Waals surface area contributed by atoms with Crippen LogP contribution in [0, 0.1) is 25.2 Å². The highest BCUT2D eigenvalue weighted by Crippen LogP contribution is 2.13. The molecule has 2 aromatic rings. The zero-order valence-corrected chi connectivity index (χ0v) is 13.8. The molecule has 0 bridgehead atoms. The maximum Gasteiger partial charge on any atom is 0.331 e. The standard InChI is InChI=1S/C17H18N4O3/c1-4-20-9-13(8-18)16(23)21(17(20)24)10-15(22)19-14-6-11(2)5-12(3)7-14/h5-7,9H,4,10H2,1-3H3,(H,19,22). The lowest BCUT2D eigenvalue weighted by Crippen LogP contribution is -2.43. The highest BCUT2D eigenvalue weighted by molar-refractivity contribution is 5.90. The van der Waals surface area contributed by atoms with Gasteiger partial charge in [0.05, 0.1) is 0 Å². The monoisotopic (exact) mass is 326 g/mol. The molecule has 0 atom stereocenters. The largest absolute Gasteiger partial charge is 0.331 e. The number of anilines is 1. The zero-order valence-electron chi connectivity index (χ0n) is 13.8. The van der Waals surface area contributed by atoms with Crippen molar-refractivity contribution in [3.05, 3.63) is 61.9 Å². The van der Waals surface area contributed by atoms with E-state index in [1.807, 2.05) is 19.9 Å². The van der Waals surface area contributed by atoms with Gasteiger partial charge < -0.3 is 5.32 Å². The van der Waals surface area contributed by atoms with Crippen LogP contribution in [0.3, 0.4) is 0 Å². The van der Waals surface area contributed by atoms with Crippen LogP contribution in [-0.4, -0.2) is 15.0 Å². The zero-order chi connectivity index (χ0) is 17.9. The van der Waals surface area contributed by atoms with Gasteiger partial charge in [-0.2, -0.15) is 5.26 Å². The van der Waals surface area contributed by atoms with Crippen LogP contribution in [0.25, 0.3) is 0 Å². The van der Waals surface area contributed by atoms with Crippen molar-refractivity contribution in [2.24, 2.45) is 0 Å². The van der Waals surface area contributed by atoms with E-state index < -0.39 is 23.7 Å². The van der Waals surface area contributed by atoms with Crippen molar-refractivity contribution in [3.63, 3.8) is 0 Å². The smallest absolute Gasteiger partial charge is 0.325 e. The highest BCUT2D eigenvalue weighted by atomic mass is 16.2. The number of rotatable bonds is 4. The normalized spacial score (nSPS) is 10.2. The molecule has 7 nitrogen and oxygen atoms in total. The number of nitrogens with zero attached hydrogens (tertiary/aromatic N) is 3. The molecule has 0 aliphatic rings. The number of carbonyl (C=O) groups excluding carboxylic acids is 1. The Labute approximate surface area is 138 Å². The molecule has 24 heavy (non-hydrogen) atoms. The van der Waals surface area contributed by atoms with E-state index in [1.165, 1.54) is 10.8 Å². The van der Waals surface area contributed by atoms with Crippen LogP contribution in [0.4, 0.5) is 5.69 Å². The molecule has 1 N–H and O–H groups in total. The molecule has 2 rings (SSSR count). The van der Waals surface area contributed by atoms with E-state index in [4.69, 9.17) is 5.26 Å². The first kappa shape index (κ1) is 17.2. The Bertz CT molecular complexity index is 928. The van der Waals surface area contributed by atoms with Gasteiger partial charge in [0, 0.05) is 18.4 Å². The summed E-state index contributed by atoms with van der Waals surface area (Å²) in [7, 11) is 0. The minimum absolute atomic E-state index is 0.171. The van der Waals surface area contributed by atoms with Gasteiger partial charge in [0.2, 0.25) is 5.91 Å². The summed E-state index contributed by atoms with van der Waals surface area (Å²) in [4.78, 5) is 36.6. The molecule has 0 spiro atoms. The van der Waals surface area contributed by atoms with E-state index in [0.29, 0.717) is 12.2 Å². The second-order valence-corrected chi connectivity index (χ2v) is 5.54. The van der Waals surface area contributed by atoms with Gasteiger partial charge in [-0.25, -0.2) is 9.36 Å². The third kappa shape index (κ3) is 3.60. The molecule has 1 amide bonds. The number of carbonyl (C=O) groups is 1. The predicted octanol–water partition coefficient (Wildman–Crippen LogP) is 1.16. The van der Waals surface area contributed by atoms with Gasteiger partial charge in [0.25, 0.3) is 5.56 Å². The lowest BCUT2D eigenvalue weighted by Gasteiger charge is -2.11. The maximum absolute atomic E-state index is 12.2. The molecule has 7 heteroatoms. The molecule has 0 radical (unpaired) electrons. The predicted molar refractivity (Wildman–Crippen MR) is 89.9 cm³/mol. The average molecular weight is 326 g/mol. The summed E-state index contributed by atoms with van der Waals surface area (Å²) in [6.45, 7) is 5.38. The van der Waals surface area contributed by atoms with Gasteiger partial charge in [-0.1, -0.05) is 6.07 Å². The van der Waals surface area contributed by atoms with Crippen molar-refractivity contribution >= 4 is 11.6 Å². The third-order valence-corrected chi connectivity index (χ3v) is 3.51. The van der Waals surface area contributed by atoms with E-state index in [2.05, 4.69) is 5.32 Å². The Balaban J connectivity index is 2.34. The average Bonchev–Trinajstić information content (AvgIpc) is 2.50. The molecule has 0 aliphatic heterocycles. The second kappa shape index (κ2) is 6.96. The molecule has 0 aliphatic carbocycles. The molecule has 0 fully saturated rings. The molecule has 1 aromatic heterocycles. The Hall–Kier alpha value is -3.14. The Morgan fingerprint density at radius 3 is 2.38 bits per heavy atom. The Morgan fingerprint density at radius 2 is 1.83 bits per heavy atom. The fourth-order valence-corrected chi connectivity index (χ4v) is 2.49. The number of hydrogen-bond acceptors (Lipinski definition) is 4. The van der Waals surface area contributed by atoms with Crippen molar-refractivity contribution < 1.29 is 4.79 Å².